The van der Waals surface area contributed by atoms with Crippen molar-refractivity contribution in [3.8, 4) is 0 Å². The number of aliphatic imine (C=N–C) groups is 1. The molecular formula is C20H34IN5O2S. The molecule has 0 spiro atoms. The van der Waals surface area contributed by atoms with Gasteiger partial charge in [-0.25, -0.2) is 4.98 Å². The molecule has 2 N–H and O–H groups in total. The SMILES string of the molecule is CCS(=O)C1CCCC(NC(=NC)NCc2cccnc2N2CCOCC2)C1.I. The van der Waals surface area contributed by atoms with E-state index in [4.69, 9.17) is 4.74 Å². The van der Waals surface area contributed by atoms with E-state index in [1.54, 1.807) is 7.05 Å². The molecular weight excluding hydrogens is 501 g/mol. The number of nitrogens with zero attached hydrogens (tertiary/aromatic N) is 3. The largest absolute Gasteiger partial charge is 0.378 e. The van der Waals surface area contributed by atoms with E-state index in [0.29, 0.717) is 17.8 Å². The summed E-state index contributed by atoms with van der Waals surface area (Å²) in [6.45, 7) is 5.90. The molecule has 1 aromatic heterocycles. The van der Waals surface area contributed by atoms with E-state index >= 15 is 0 Å². The zero-order chi connectivity index (χ0) is 19.8. The smallest absolute Gasteiger partial charge is 0.191 e. The molecule has 7 nitrogen and oxygen atoms in total. The second-order valence-electron chi connectivity index (χ2n) is 7.31. The van der Waals surface area contributed by atoms with Crippen molar-refractivity contribution >= 4 is 46.6 Å². The molecule has 0 aromatic carbocycles. The molecule has 3 rings (SSSR count). The van der Waals surface area contributed by atoms with Gasteiger partial charge in [-0.15, -0.1) is 24.0 Å². The fraction of sp³-hybridized carbons (Fsp3) is 0.700. The van der Waals surface area contributed by atoms with Gasteiger partial charge in [-0.1, -0.05) is 19.4 Å². The first-order valence-electron chi connectivity index (χ1n) is 10.3. The van der Waals surface area contributed by atoms with Crippen LogP contribution in [0.15, 0.2) is 23.3 Å². The van der Waals surface area contributed by atoms with Gasteiger partial charge < -0.3 is 20.3 Å². The molecule has 0 amide bonds. The van der Waals surface area contributed by atoms with Crippen molar-refractivity contribution < 1.29 is 8.95 Å². The number of morpholine rings is 1. The standard InChI is InChI=1S/C20H33N5O2S.HI/c1-3-28(26)18-8-4-7-17(14-18)24-20(21-2)23-15-16-6-5-9-22-19(16)25-10-12-27-13-11-25;/h5-6,9,17-18H,3-4,7-8,10-15H2,1-2H3,(H2,21,23,24);1H. The zero-order valence-corrected chi connectivity index (χ0v) is 20.6. The number of aromatic nitrogens is 1. The molecule has 3 unspecified atom stereocenters. The summed E-state index contributed by atoms with van der Waals surface area (Å²) in [5, 5.41) is 7.28. The van der Waals surface area contributed by atoms with Crippen LogP contribution in [0.4, 0.5) is 5.82 Å². The topological polar surface area (TPSA) is 78.8 Å². The van der Waals surface area contributed by atoms with E-state index in [0.717, 1.165) is 75.1 Å². The highest BCUT2D eigenvalue weighted by molar-refractivity contribution is 14.0. The number of ether oxygens (including phenoxy) is 1. The lowest BCUT2D eigenvalue weighted by atomic mass is 9.95. The van der Waals surface area contributed by atoms with Gasteiger partial charge in [0.1, 0.15) is 5.82 Å². The summed E-state index contributed by atoms with van der Waals surface area (Å²) < 4.78 is 17.6. The zero-order valence-electron chi connectivity index (χ0n) is 17.4. The van der Waals surface area contributed by atoms with Gasteiger partial charge >= 0.3 is 0 Å². The van der Waals surface area contributed by atoms with Crippen molar-refractivity contribution in [1.29, 1.82) is 0 Å². The van der Waals surface area contributed by atoms with Crippen molar-refractivity contribution in [3.05, 3.63) is 23.9 Å². The Morgan fingerprint density at radius 1 is 1.38 bits per heavy atom. The Kier molecular flexibility index (Phi) is 10.6. The maximum atomic E-state index is 12.2. The highest BCUT2D eigenvalue weighted by Gasteiger charge is 2.26. The maximum absolute atomic E-state index is 12.2. The molecule has 1 aromatic rings. The highest BCUT2D eigenvalue weighted by atomic mass is 127. The van der Waals surface area contributed by atoms with Gasteiger partial charge in [-0.05, 0) is 25.3 Å². The van der Waals surface area contributed by atoms with Crippen LogP contribution in [0.1, 0.15) is 38.2 Å². The third-order valence-corrected chi connectivity index (χ3v) is 7.21. The number of rotatable bonds is 6. The molecule has 1 saturated carbocycles. The molecule has 0 radical (unpaired) electrons. The van der Waals surface area contributed by atoms with E-state index in [9.17, 15) is 4.21 Å². The molecule has 2 fully saturated rings. The Bertz CT molecular complexity index is 685. The van der Waals surface area contributed by atoms with E-state index in [-0.39, 0.29) is 24.0 Å². The molecule has 2 aliphatic rings. The number of anilines is 1. The quantitative estimate of drug-likeness (QED) is 0.331. The Morgan fingerprint density at radius 3 is 2.90 bits per heavy atom. The van der Waals surface area contributed by atoms with Crippen LogP contribution in [0.25, 0.3) is 0 Å². The summed E-state index contributed by atoms with van der Waals surface area (Å²) in [5.74, 6) is 2.56. The highest BCUT2D eigenvalue weighted by Crippen LogP contribution is 2.23. The average molecular weight is 535 g/mol. The third kappa shape index (κ3) is 7.06. The van der Waals surface area contributed by atoms with Crippen molar-refractivity contribution in [1.82, 2.24) is 15.6 Å². The van der Waals surface area contributed by atoms with Crippen LogP contribution in [0, 0.1) is 0 Å². The summed E-state index contributed by atoms with van der Waals surface area (Å²) in [4.78, 5) is 11.3. The summed E-state index contributed by atoms with van der Waals surface area (Å²) in [7, 11) is 1.08. The number of nitrogens with one attached hydrogen (secondary N) is 2. The van der Waals surface area contributed by atoms with Crippen molar-refractivity contribution in [2.75, 3.05) is 44.0 Å². The van der Waals surface area contributed by atoms with Crippen LogP contribution in [-0.4, -0.2) is 65.5 Å². The molecule has 0 bridgehead atoms. The normalized spacial score (nSPS) is 23.8. The van der Waals surface area contributed by atoms with E-state index in [1.807, 2.05) is 19.2 Å². The third-order valence-electron chi connectivity index (χ3n) is 5.47. The first-order valence-corrected chi connectivity index (χ1v) is 11.7. The number of guanidine groups is 1. The van der Waals surface area contributed by atoms with E-state index < -0.39 is 10.8 Å². The fourth-order valence-corrected chi connectivity index (χ4v) is 5.29. The van der Waals surface area contributed by atoms with Gasteiger partial charge in [0.15, 0.2) is 5.96 Å². The van der Waals surface area contributed by atoms with Gasteiger partial charge in [0.05, 0.1) is 13.2 Å². The monoisotopic (exact) mass is 535 g/mol. The van der Waals surface area contributed by atoms with Crippen LogP contribution >= 0.6 is 24.0 Å². The lowest BCUT2D eigenvalue weighted by Gasteiger charge is -2.31. The summed E-state index contributed by atoms with van der Waals surface area (Å²) >= 11 is 0. The summed E-state index contributed by atoms with van der Waals surface area (Å²) in [6, 6.07) is 4.41. The minimum Gasteiger partial charge on any atom is -0.378 e. The average Bonchev–Trinajstić information content (AvgIpc) is 2.77. The number of halogens is 1. The van der Waals surface area contributed by atoms with Crippen molar-refractivity contribution in [3.63, 3.8) is 0 Å². The van der Waals surface area contributed by atoms with Crippen molar-refractivity contribution in [2.24, 2.45) is 4.99 Å². The molecule has 1 saturated heterocycles. The van der Waals surface area contributed by atoms with Gasteiger partial charge in [0.2, 0.25) is 0 Å². The first-order chi connectivity index (χ1) is 13.7. The Balaban J connectivity index is 0.00000300. The minimum atomic E-state index is -0.715. The molecule has 3 atom stereocenters. The van der Waals surface area contributed by atoms with Crippen molar-refractivity contribution in [2.45, 2.75) is 50.4 Å². The lowest BCUT2D eigenvalue weighted by Crippen LogP contribution is -2.46. The van der Waals surface area contributed by atoms with Gasteiger partial charge in [-0.2, -0.15) is 0 Å². The second-order valence-corrected chi connectivity index (χ2v) is 9.32. The molecule has 1 aliphatic carbocycles. The molecule has 29 heavy (non-hydrogen) atoms. The Hall–Kier alpha value is -0.940. The predicted molar refractivity (Wildman–Crippen MR) is 131 cm³/mol. The van der Waals surface area contributed by atoms with Crippen LogP contribution in [0.3, 0.4) is 0 Å². The maximum Gasteiger partial charge on any atom is 0.191 e. The van der Waals surface area contributed by atoms with Crippen LogP contribution in [-0.2, 0) is 22.1 Å². The summed E-state index contributed by atoms with van der Waals surface area (Å²) in [5.41, 5.74) is 1.15. The molecule has 1 aliphatic heterocycles. The Labute approximate surface area is 193 Å². The van der Waals surface area contributed by atoms with E-state index in [2.05, 4.69) is 31.6 Å². The van der Waals surface area contributed by atoms with Gasteiger partial charge in [0, 0.05) is 66.3 Å². The van der Waals surface area contributed by atoms with Crippen LogP contribution in [0.2, 0.25) is 0 Å². The lowest BCUT2D eigenvalue weighted by molar-refractivity contribution is 0.122. The fourth-order valence-electron chi connectivity index (χ4n) is 3.95. The van der Waals surface area contributed by atoms with Crippen LogP contribution < -0.4 is 15.5 Å². The number of hydrogen-bond acceptors (Lipinski definition) is 5. The summed E-state index contributed by atoms with van der Waals surface area (Å²) in [6.07, 6.45) is 6.09. The second kappa shape index (κ2) is 12.7. The molecule has 164 valence electrons. The van der Waals surface area contributed by atoms with E-state index in [1.165, 1.54) is 0 Å². The predicted octanol–water partition coefficient (Wildman–Crippen LogP) is 2.28. The minimum absolute atomic E-state index is 0. The molecule has 9 heteroatoms. The molecule has 2 heterocycles. The first kappa shape index (κ1) is 24.3. The van der Waals surface area contributed by atoms with Gasteiger partial charge in [0.25, 0.3) is 0 Å². The van der Waals surface area contributed by atoms with Gasteiger partial charge in [-0.3, -0.25) is 9.20 Å². The Morgan fingerprint density at radius 2 is 2.17 bits per heavy atom. The number of hydrogen-bond donors (Lipinski definition) is 2. The van der Waals surface area contributed by atoms with Crippen LogP contribution in [0.5, 0.6) is 0 Å². The number of pyridine rings is 1.